The Morgan fingerprint density at radius 2 is 1.63 bits per heavy atom. The van der Waals surface area contributed by atoms with Gasteiger partial charge in [0, 0.05) is 10.9 Å². The number of rotatable bonds is 3. The van der Waals surface area contributed by atoms with Crippen molar-refractivity contribution in [3.05, 3.63) is 54.6 Å². The van der Waals surface area contributed by atoms with Gasteiger partial charge in [-0.15, -0.1) is 0 Å². The van der Waals surface area contributed by atoms with Crippen LogP contribution in [0.3, 0.4) is 0 Å². The molecular formula is C15H12F2N2. The lowest BCUT2D eigenvalue weighted by Gasteiger charge is -2.01. The van der Waals surface area contributed by atoms with Crippen molar-refractivity contribution in [1.29, 1.82) is 0 Å². The van der Waals surface area contributed by atoms with E-state index in [-0.39, 0.29) is 6.54 Å². The van der Waals surface area contributed by atoms with Crippen LogP contribution in [0.1, 0.15) is 0 Å². The number of nitrogens with zero attached hydrogens (tertiary/aromatic N) is 2. The topological polar surface area (TPSA) is 17.8 Å². The van der Waals surface area contributed by atoms with Gasteiger partial charge in [-0.2, -0.15) is 5.10 Å². The summed E-state index contributed by atoms with van der Waals surface area (Å²) in [5.74, 6) is 0. The maximum absolute atomic E-state index is 12.6. The monoisotopic (exact) mass is 258 g/mol. The van der Waals surface area contributed by atoms with E-state index in [2.05, 4.69) is 5.10 Å². The van der Waals surface area contributed by atoms with Crippen molar-refractivity contribution in [3.63, 3.8) is 0 Å². The van der Waals surface area contributed by atoms with Gasteiger partial charge in [-0.25, -0.2) is 8.78 Å². The maximum Gasteiger partial charge on any atom is 0.257 e. The van der Waals surface area contributed by atoms with Gasteiger partial charge in [0.25, 0.3) is 6.43 Å². The average Bonchev–Trinajstić information content (AvgIpc) is 2.78. The molecule has 19 heavy (non-hydrogen) atoms. The van der Waals surface area contributed by atoms with Gasteiger partial charge < -0.3 is 0 Å². The Balaban J connectivity index is 2.20. The first-order valence-electron chi connectivity index (χ1n) is 6.05. The quantitative estimate of drug-likeness (QED) is 0.695. The summed E-state index contributed by atoms with van der Waals surface area (Å²) in [6, 6.07) is 17.1. The molecule has 0 aliphatic rings. The zero-order valence-electron chi connectivity index (χ0n) is 10.1. The molecule has 3 rings (SSSR count). The van der Waals surface area contributed by atoms with E-state index < -0.39 is 6.43 Å². The molecule has 96 valence electrons. The normalized spacial score (nSPS) is 11.3. The SMILES string of the molecule is FC(F)Cn1nc(-c2ccccc2)c2ccccc21. The number of para-hydroxylation sites is 1. The van der Waals surface area contributed by atoms with E-state index in [1.165, 1.54) is 4.68 Å². The molecule has 4 heteroatoms. The first-order chi connectivity index (χ1) is 9.25. The molecule has 0 unspecified atom stereocenters. The Labute approximate surface area is 109 Å². The van der Waals surface area contributed by atoms with Gasteiger partial charge in [-0.05, 0) is 6.07 Å². The van der Waals surface area contributed by atoms with Crippen molar-refractivity contribution in [3.8, 4) is 11.3 Å². The molecule has 0 spiro atoms. The second-order valence-electron chi connectivity index (χ2n) is 4.30. The minimum atomic E-state index is -2.41. The standard InChI is InChI=1S/C15H12F2N2/c16-14(17)10-19-13-9-5-4-8-12(13)15(18-19)11-6-2-1-3-7-11/h1-9,14H,10H2. The summed E-state index contributed by atoms with van der Waals surface area (Å²) >= 11 is 0. The lowest BCUT2D eigenvalue weighted by molar-refractivity contribution is 0.123. The molecule has 2 nitrogen and oxygen atoms in total. The first kappa shape index (κ1) is 11.8. The molecule has 1 aromatic heterocycles. The highest BCUT2D eigenvalue weighted by Gasteiger charge is 2.14. The molecule has 3 aromatic rings. The largest absolute Gasteiger partial charge is 0.258 e. The second-order valence-corrected chi connectivity index (χ2v) is 4.30. The Morgan fingerprint density at radius 1 is 0.947 bits per heavy atom. The van der Waals surface area contributed by atoms with Crippen molar-refractivity contribution in [1.82, 2.24) is 9.78 Å². The molecule has 0 aliphatic heterocycles. The van der Waals surface area contributed by atoms with Crippen molar-refractivity contribution in [2.24, 2.45) is 0 Å². The summed E-state index contributed by atoms with van der Waals surface area (Å²) in [7, 11) is 0. The van der Waals surface area contributed by atoms with Gasteiger partial charge in [0.1, 0.15) is 12.2 Å². The molecule has 0 radical (unpaired) electrons. The van der Waals surface area contributed by atoms with Crippen LogP contribution in [-0.4, -0.2) is 16.2 Å². The van der Waals surface area contributed by atoms with Crippen LogP contribution in [0.15, 0.2) is 54.6 Å². The molecule has 0 bridgehead atoms. The molecule has 0 atom stereocenters. The number of fused-ring (bicyclic) bond motifs is 1. The zero-order valence-corrected chi connectivity index (χ0v) is 10.1. The van der Waals surface area contributed by atoms with Gasteiger partial charge in [-0.1, -0.05) is 48.5 Å². The second kappa shape index (κ2) is 4.80. The number of alkyl halides is 2. The lowest BCUT2D eigenvalue weighted by Crippen LogP contribution is -2.07. The highest BCUT2D eigenvalue weighted by atomic mass is 19.3. The van der Waals surface area contributed by atoms with E-state index in [1.807, 2.05) is 54.6 Å². The Bertz CT molecular complexity index is 690. The number of hydrogen-bond donors (Lipinski definition) is 0. The third-order valence-corrected chi connectivity index (χ3v) is 3.02. The predicted molar refractivity (Wildman–Crippen MR) is 71.2 cm³/mol. The first-order valence-corrected chi connectivity index (χ1v) is 6.05. The smallest absolute Gasteiger partial charge is 0.257 e. The minimum Gasteiger partial charge on any atom is -0.258 e. The van der Waals surface area contributed by atoms with Crippen molar-refractivity contribution >= 4 is 10.9 Å². The van der Waals surface area contributed by atoms with Crippen LogP contribution in [0.2, 0.25) is 0 Å². The Kier molecular flexibility index (Phi) is 2.99. The molecule has 0 saturated carbocycles. The molecule has 0 N–H and O–H groups in total. The summed E-state index contributed by atoms with van der Waals surface area (Å²) in [4.78, 5) is 0. The summed E-state index contributed by atoms with van der Waals surface area (Å²) in [5, 5.41) is 5.23. The number of benzene rings is 2. The average molecular weight is 258 g/mol. The fourth-order valence-electron chi connectivity index (χ4n) is 2.21. The number of aromatic nitrogens is 2. The van der Waals surface area contributed by atoms with Crippen LogP contribution in [0, 0.1) is 0 Å². The van der Waals surface area contributed by atoms with Crippen molar-refractivity contribution in [2.75, 3.05) is 0 Å². The summed E-state index contributed by atoms with van der Waals surface area (Å²) in [5.41, 5.74) is 2.42. The van der Waals surface area contributed by atoms with Crippen molar-refractivity contribution < 1.29 is 8.78 Å². The van der Waals surface area contributed by atoms with Crippen LogP contribution in [0.4, 0.5) is 8.78 Å². The molecule has 0 saturated heterocycles. The fraction of sp³-hybridized carbons (Fsp3) is 0.133. The van der Waals surface area contributed by atoms with Crippen LogP contribution in [-0.2, 0) is 6.54 Å². The summed E-state index contributed by atoms with van der Waals surface area (Å²) < 4.78 is 26.6. The molecule has 0 amide bonds. The van der Waals surface area contributed by atoms with E-state index >= 15 is 0 Å². The Hall–Kier alpha value is -2.23. The van der Waals surface area contributed by atoms with E-state index in [9.17, 15) is 8.78 Å². The highest BCUT2D eigenvalue weighted by molar-refractivity contribution is 5.93. The van der Waals surface area contributed by atoms with Gasteiger partial charge in [-0.3, -0.25) is 4.68 Å². The van der Waals surface area contributed by atoms with Crippen LogP contribution in [0.5, 0.6) is 0 Å². The predicted octanol–water partition coefficient (Wildman–Crippen LogP) is 3.97. The molecule has 0 aliphatic carbocycles. The van der Waals surface area contributed by atoms with Gasteiger partial charge >= 0.3 is 0 Å². The van der Waals surface area contributed by atoms with E-state index in [4.69, 9.17) is 0 Å². The molecule has 1 heterocycles. The minimum absolute atomic E-state index is 0.382. The zero-order chi connectivity index (χ0) is 13.2. The van der Waals surface area contributed by atoms with Gasteiger partial charge in [0.2, 0.25) is 0 Å². The summed E-state index contributed by atoms with van der Waals surface area (Å²) in [6.07, 6.45) is -2.41. The fourth-order valence-corrected chi connectivity index (χ4v) is 2.21. The summed E-state index contributed by atoms with van der Waals surface area (Å²) in [6.45, 7) is -0.382. The van der Waals surface area contributed by atoms with Gasteiger partial charge in [0.05, 0.1) is 5.52 Å². The lowest BCUT2D eigenvalue weighted by atomic mass is 10.1. The van der Waals surface area contributed by atoms with E-state index in [0.29, 0.717) is 0 Å². The molecule has 2 aromatic carbocycles. The van der Waals surface area contributed by atoms with Gasteiger partial charge in [0.15, 0.2) is 0 Å². The third-order valence-electron chi connectivity index (χ3n) is 3.02. The van der Waals surface area contributed by atoms with Crippen LogP contribution < -0.4 is 0 Å². The number of halogens is 2. The van der Waals surface area contributed by atoms with Crippen LogP contribution in [0.25, 0.3) is 22.2 Å². The Morgan fingerprint density at radius 3 is 2.37 bits per heavy atom. The number of hydrogen-bond acceptors (Lipinski definition) is 1. The molecule has 0 fully saturated rings. The highest BCUT2D eigenvalue weighted by Crippen LogP contribution is 2.27. The van der Waals surface area contributed by atoms with E-state index in [1.54, 1.807) is 0 Å². The third kappa shape index (κ3) is 2.21. The molecular weight excluding hydrogens is 246 g/mol. The maximum atomic E-state index is 12.6. The van der Waals surface area contributed by atoms with Crippen LogP contribution >= 0.6 is 0 Å². The van der Waals surface area contributed by atoms with Crippen molar-refractivity contribution in [2.45, 2.75) is 13.0 Å². The van der Waals surface area contributed by atoms with E-state index in [0.717, 1.165) is 22.2 Å².